The van der Waals surface area contributed by atoms with Gasteiger partial charge in [0.25, 0.3) is 5.91 Å². The highest BCUT2D eigenvalue weighted by Crippen LogP contribution is 2.65. The van der Waals surface area contributed by atoms with E-state index < -0.39 is 65.1 Å². The summed E-state index contributed by atoms with van der Waals surface area (Å²) in [7, 11) is 0. The van der Waals surface area contributed by atoms with Crippen LogP contribution in [0, 0.1) is 34.5 Å². The molecular weight excluding hydrogens is 518 g/mol. The number of nitrogens with one attached hydrogen (secondary N) is 3. The molecule has 40 heavy (non-hydrogen) atoms. The highest BCUT2D eigenvalue weighted by Gasteiger charge is 2.70. The lowest BCUT2D eigenvalue weighted by Gasteiger charge is -2.38. The number of primary amides is 1. The number of likely N-dealkylation sites (tertiary alicyclic amines) is 1. The predicted molar refractivity (Wildman–Crippen MR) is 146 cm³/mol. The minimum Gasteiger partial charge on any atom is -0.480 e. The van der Waals surface area contributed by atoms with Gasteiger partial charge in [0.2, 0.25) is 17.6 Å². The minimum absolute atomic E-state index is 0.0191. The second kappa shape index (κ2) is 11.4. The Morgan fingerprint density at radius 1 is 1.00 bits per heavy atom. The van der Waals surface area contributed by atoms with Gasteiger partial charge in [-0.2, -0.15) is 0 Å². The van der Waals surface area contributed by atoms with Crippen molar-refractivity contribution in [1.82, 2.24) is 20.9 Å². The molecule has 0 radical (unpaired) electrons. The van der Waals surface area contributed by atoms with E-state index in [0.29, 0.717) is 13.0 Å². The lowest BCUT2D eigenvalue weighted by atomic mass is 9.85. The number of fused-ring (bicyclic) bond motifs is 1. The number of hydrogen-bond acceptors (Lipinski definition) is 6. The molecule has 1 aliphatic heterocycles. The van der Waals surface area contributed by atoms with Gasteiger partial charge in [0, 0.05) is 6.54 Å². The van der Waals surface area contributed by atoms with E-state index in [0.717, 1.165) is 12.8 Å². The number of hydrogen-bond donors (Lipinski definition) is 5. The van der Waals surface area contributed by atoms with Gasteiger partial charge in [-0.3, -0.25) is 19.2 Å². The van der Waals surface area contributed by atoms with Gasteiger partial charge < -0.3 is 31.7 Å². The monoisotopic (exact) mass is 563 g/mol. The van der Waals surface area contributed by atoms with E-state index >= 15 is 0 Å². The zero-order valence-electron chi connectivity index (χ0n) is 24.6. The van der Waals surface area contributed by atoms with E-state index in [9.17, 15) is 33.9 Å². The molecule has 3 aliphatic rings. The van der Waals surface area contributed by atoms with Gasteiger partial charge >= 0.3 is 12.0 Å². The van der Waals surface area contributed by atoms with E-state index in [1.807, 2.05) is 27.7 Å². The van der Waals surface area contributed by atoms with Gasteiger partial charge in [0.1, 0.15) is 18.1 Å². The van der Waals surface area contributed by atoms with Crippen LogP contribution in [0.5, 0.6) is 0 Å². The maximum Gasteiger partial charge on any atom is 0.326 e. The van der Waals surface area contributed by atoms with Crippen molar-refractivity contribution >= 4 is 35.5 Å². The molecule has 6 atom stereocenters. The number of rotatable bonds is 12. The lowest BCUT2D eigenvalue weighted by Crippen LogP contribution is -2.62. The van der Waals surface area contributed by atoms with Crippen molar-refractivity contribution in [2.75, 3.05) is 6.54 Å². The first-order chi connectivity index (χ1) is 18.4. The van der Waals surface area contributed by atoms with Gasteiger partial charge in [-0.05, 0) is 47.3 Å². The summed E-state index contributed by atoms with van der Waals surface area (Å²) in [4.78, 5) is 77.8. The normalized spacial score (nSPS) is 25.3. The highest BCUT2D eigenvalue weighted by atomic mass is 16.4. The fourth-order valence-electron chi connectivity index (χ4n) is 6.00. The van der Waals surface area contributed by atoms with Crippen molar-refractivity contribution in [1.29, 1.82) is 0 Å². The minimum atomic E-state index is -1.17. The van der Waals surface area contributed by atoms with Crippen LogP contribution in [-0.4, -0.2) is 76.2 Å². The summed E-state index contributed by atoms with van der Waals surface area (Å²) < 4.78 is 0. The Kier molecular flexibility index (Phi) is 8.91. The van der Waals surface area contributed by atoms with Crippen LogP contribution < -0.4 is 21.7 Å². The fraction of sp³-hybridized carbons (Fsp3) is 0.786. The maximum atomic E-state index is 14.0. The highest BCUT2D eigenvalue weighted by molar-refractivity contribution is 6.37. The Labute approximate surface area is 235 Å². The molecule has 0 aromatic carbocycles. The van der Waals surface area contributed by atoms with Crippen LogP contribution in [0.4, 0.5) is 4.79 Å². The number of piperidine rings is 1. The molecule has 0 bridgehead atoms. The van der Waals surface area contributed by atoms with E-state index in [4.69, 9.17) is 5.73 Å². The summed E-state index contributed by atoms with van der Waals surface area (Å²) >= 11 is 0. The number of aliphatic carboxylic acids is 1. The van der Waals surface area contributed by atoms with Crippen molar-refractivity contribution in [2.45, 2.75) is 98.3 Å². The quantitative estimate of drug-likeness (QED) is 0.219. The third-order valence-corrected chi connectivity index (χ3v) is 8.60. The second-order valence-electron chi connectivity index (χ2n) is 13.8. The van der Waals surface area contributed by atoms with E-state index in [-0.39, 0.29) is 35.5 Å². The van der Waals surface area contributed by atoms with Gasteiger partial charge in [0.05, 0.1) is 6.04 Å². The zero-order chi connectivity index (χ0) is 30.3. The molecule has 4 unspecified atom stereocenters. The smallest absolute Gasteiger partial charge is 0.326 e. The van der Waals surface area contributed by atoms with Crippen LogP contribution in [0.1, 0.15) is 74.1 Å². The number of carbonyl (C=O) groups is 6. The van der Waals surface area contributed by atoms with E-state index in [1.54, 1.807) is 20.8 Å². The molecule has 3 rings (SSSR count). The number of amides is 5. The third-order valence-electron chi connectivity index (χ3n) is 8.60. The fourth-order valence-corrected chi connectivity index (χ4v) is 6.00. The molecule has 0 aromatic heterocycles. The van der Waals surface area contributed by atoms with Gasteiger partial charge in [-0.15, -0.1) is 0 Å². The van der Waals surface area contributed by atoms with Crippen LogP contribution in [-0.2, 0) is 24.0 Å². The summed E-state index contributed by atoms with van der Waals surface area (Å²) in [5.41, 5.74) is 4.27. The second-order valence-corrected chi connectivity index (χ2v) is 13.8. The van der Waals surface area contributed by atoms with Crippen molar-refractivity contribution < 1.29 is 33.9 Å². The molecule has 12 nitrogen and oxygen atoms in total. The molecule has 1 saturated heterocycles. The average molecular weight is 564 g/mol. The molecule has 0 aromatic rings. The molecule has 6 N–H and O–H groups in total. The topological polar surface area (TPSA) is 188 Å². The first kappa shape index (κ1) is 31.3. The van der Waals surface area contributed by atoms with Crippen molar-refractivity contribution in [3.05, 3.63) is 0 Å². The Balaban J connectivity index is 1.81. The first-order valence-electron chi connectivity index (χ1n) is 14.1. The van der Waals surface area contributed by atoms with Crippen LogP contribution in [0.15, 0.2) is 0 Å². The SMILES string of the molecule is CC(C)CC(NC(=O)NC(C(=O)N1C[C@H]2C([C@H]1C(=O)NC(CC1CC1)C(=O)C(N)=O)C2(C)C)C(C)(C)C)C(=O)O. The number of nitrogens with zero attached hydrogens (tertiary/aromatic N) is 1. The summed E-state index contributed by atoms with van der Waals surface area (Å²) in [5.74, 6) is -3.99. The molecule has 1 heterocycles. The number of carbonyl (C=O) groups excluding carboxylic acids is 5. The number of carboxylic acids is 1. The Hall–Kier alpha value is -3.18. The molecule has 12 heteroatoms. The number of ketones is 1. The van der Waals surface area contributed by atoms with Gasteiger partial charge in [-0.1, -0.05) is 61.3 Å². The molecular formula is C28H45N5O7. The first-order valence-corrected chi connectivity index (χ1v) is 14.1. The van der Waals surface area contributed by atoms with E-state index in [1.165, 1.54) is 4.90 Å². The summed E-state index contributed by atoms with van der Waals surface area (Å²) in [5, 5.41) is 17.3. The number of nitrogens with two attached hydrogens (primary N) is 1. The zero-order valence-corrected chi connectivity index (χ0v) is 24.6. The Bertz CT molecular complexity index is 1060. The van der Waals surface area contributed by atoms with Crippen molar-refractivity contribution in [2.24, 2.45) is 40.2 Å². The summed E-state index contributed by atoms with van der Waals surface area (Å²) in [6, 6.07) is -4.92. The Morgan fingerprint density at radius 2 is 1.60 bits per heavy atom. The van der Waals surface area contributed by atoms with Gasteiger partial charge in [-0.25, -0.2) is 9.59 Å². The Morgan fingerprint density at radius 3 is 2.08 bits per heavy atom. The lowest BCUT2D eigenvalue weighted by molar-refractivity contribution is -0.145. The van der Waals surface area contributed by atoms with Crippen LogP contribution in [0.3, 0.4) is 0 Å². The molecule has 2 saturated carbocycles. The summed E-state index contributed by atoms with van der Waals surface area (Å²) in [6.45, 7) is 13.3. The van der Waals surface area contributed by atoms with Gasteiger partial charge in [0.15, 0.2) is 0 Å². The summed E-state index contributed by atoms with van der Waals surface area (Å²) in [6.07, 6.45) is 2.35. The number of urea groups is 1. The number of carboxylic acid groups (broad SMARTS) is 1. The molecule has 0 spiro atoms. The predicted octanol–water partition coefficient (Wildman–Crippen LogP) is 1.02. The average Bonchev–Trinajstić information content (AvgIpc) is 3.67. The van der Waals surface area contributed by atoms with Crippen molar-refractivity contribution in [3.63, 3.8) is 0 Å². The number of Topliss-reactive ketones (excluding diaryl/α,β-unsaturated/α-hetero) is 1. The van der Waals surface area contributed by atoms with Crippen molar-refractivity contribution in [3.8, 4) is 0 Å². The molecule has 224 valence electrons. The van der Waals surface area contributed by atoms with Crippen LogP contribution >= 0.6 is 0 Å². The maximum absolute atomic E-state index is 14.0. The molecule has 2 aliphatic carbocycles. The third kappa shape index (κ3) is 6.93. The van der Waals surface area contributed by atoms with Crippen LogP contribution in [0.25, 0.3) is 0 Å². The van der Waals surface area contributed by atoms with E-state index in [2.05, 4.69) is 16.0 Å². The largest absolute Gasteiger partial charge is 0.480 e. The standard InChI is InChI=1S/C28H45N5O7/c1-13(2)10-17(25(38)39)31-26(40)32-21(27(3,4)5)24(37)33-12-15-18(28(15,6)7)19(33)23(36)30-16(11-14-8-9-14)20(34)22(29)35/h13-19,21H,8-12H2,1-7H3,(H2,29,35)(H,30,36)(H,38,39)(H2,31,32,40)/t15-,16?,17?,18?,19-,21?/m0/s1. The van der Waals surface area contributed by atoms with Crippen LogP contribution in [0.2, 0.25) is 0 Å². The molecule has 5 amide bonds. The molecule has 3 fully saturated rings.